The van der Waals surface area contributed by atoms with E-state index in [2.05, 4.69) is 41.3 Å². The normalized spacial score (nSPS) is 12.3. The van der Waals surface area contributed by atoms with Gasteiger partial charge >= 0.3 is 0 Å². The molecule has 0 saturated heterocycles. The van der Waals surface area contributed by atoms with Gasteiger partial charge in [-0.3, -0.25) is 9.69 Å². The van der Waals surface area contributed by atoms with E-state index in [1.54, 1.807) is 19.1 Å². The molecular weight excluding hydrogens is 383 g/mol. The Morgan fingerprint density at radius 2 is 1.97 bits per heavy atom. The number of aryl methyl sites for hydroxylation is 2. The van der Waals surface area contributed by atoms with Gasteiger partial charge in [0.25, 0.3) is 0 Å². The summed E-state index contributed by atoms with van der Waals surface area (Å²) in [6.07, 6.45) is 2.12. The lowest BCUT2D eigenvalue weighted by atomic mass is 10.0. The van der Waals surface area contributed by atoms with Crippen LogP contribution in [0.3, 0.4) is 0 Å². The van der Waals surface area contributed by atoms with Gasteiger partial charge in [0, 0.05) is 11.6 Å². The maximum atomic E-state index is 13.8. The summed E-state index contributed by atoms with van der Waals surface area (Å²) in [5, 5.41) is 3.96. The molecule has 2 N–H and O–H groups in total. The van der Waals surface area contributed by atoms with E-state index in [1.165, 1.54) is 11.6 Å². The second-order valence-electron chi connectivity index (χ2n) is 7.51. The van der Waals surface area contributed by atoms with E-state index < -0.39 is 5.91 Å². The molecule has 30 heavy (non-hydrogen) atoms. The summed E-state index contributed by atoms with van der Waals surface area (Å²) in [7, 11) is 0. The number of aromatic nitrogens is 2. The molecule has 158 valence electrons. The molecule has 2 aromatic carbocycles. The van der Waals surface area contributed by atoms with Crippen LogP contribution < -0.4 is 5.73 Å². The fraction of sp³-hybridized carbons (Fsp3) is 0.348. The number of hydrogen-bond acceptors (Lipinski definition) is 5. The van der Waals surface area contributed by atoms with Gasteiger partial charge in [-0.1, -0.05) is 54.9 Å². The van der Waals surface area contributed by atoms with Crippen molar-refractivity contribution in [1.82, 2.24) is 15.0 Å². The Bertz CT molecular complexity index is 1000. The van der Waals surface area contributed by atoms with E-state index in [-0.39, 0.29) is 24.9 Å². The van der Waals surface area contributed by atoms with E-state index in [4.69, 9.17) is 10.3 Å². The van der Waals surface area contributed by atoms with Crippen LogP contribution in [0.25, 0.3) is 11.4 Å². The SMILES string of the molecule is CCCc1ccc([C@H](C)N(CC(N)=O)Cc2nc(-c3ccc(C)c(F)c3)no2)cc1. The third-order valence-corrected chi connectivity index (χ3v) is 5.14. The minimum absolute atomic E-state index is 0.0503. The molecule has 0 saturated carbocycles. The van der Waals surface area contributed by atoms with Gasteiger partial charge in [0.15, 0.2) is 0 Å². The number of hydrogen-bond donors (Lipinski definition) is 1. The van der Waals surface area contributed by atoms with Crippen LogP contribution in [-0.4, -0.2) is 27.5 Å². The molecule has 1 heterocycles. The topological polar surface area (TPSA) is 85.2 Å². The van der Waals surface area contributed by atoms with Gasteiger partial charge in [-0.15, -0.1) is 0 Å². The third-order valence-electron chi connectivity index (χ3n) is 5.14. The number of nitrogens with two attached hydrogens (primary N) is 1. The summed E-state index contributed by atoms with van der Waals surface area (Å²) in [6.45, 7) is 6.15. The second-order valence-corrected chi connectivity index (χ2v) is 7.51. The van der Waals surface area contributed by atoms with Crippen molar-refractivity contribution in [3.8, 4) is 11.4 Å². The number of carbonyl (C=O) groups is 1. The highest BCUT2D eigenvalue weighted by atomic mass is 19.1. The van der Waals surface area contributed by atoms with Crippen LogP contribution in [0.4, 0.5) is 4.39 Å². The monoisotopic (exact) mass is 410 g/mol. The second kappa shape index (κ2) is 9.63. The van der Waals surface area contributed by atoms with Crippen molar-refractivity contribution in [2.75, 3.05) is 6.54 Å². The van der Waals surface area contributed by atoms with Crippen molar-refractivity contribution in [2.45, 2.75) is 46.2 Å². The smallest absolute Gasteiger partial charge is 0.241 e. The predicted molar refractivity (Wildman–Crippen MR) is 113 cm³/mol. The van der Waals surface area contributed by atoms with Gasteiger partial charge in [0.1, 0.15) is 5.82 Å². The van der Waals surface area contributed by atoms with Gasteiger partial charge in [-0.2, -0.15) is 4.98 Å². The van der Waals surface area contributed by atoms with E-state index in [9.17, 15) is 9.18 Å². The zero-order chi connectivity index (χ0) is 21.7. The first-order chi connectivity index (χ1) is 14.4. The Balaban J connectivity index is 1.78. The summed E-state index contributed by atoms with van der Waals surface area (Å²) in [6, 6.07) is 13.1. The first-order valence-electron chi connectivity index (χ1n) is 10.1. The van der Waals surface area contributed by atoms with Gasteiger partial charge in [0.05, 0.1) is 13.1 Å². The maximum absolute atomic E-state index is 13.8. The van der Waals surface area contributed by atoms with Crippen molar-refractivity contribution in [2.24, 2.45) is 5.73 Å². The molecule has 0 radical (unpaired) electrons. The molecule has 0 aliphatic carbocycles. The van der Waals surface area contributed by atoms with E-state index in [0.29, 0.717) is 22.8 Å². The Morgan fingerprint density at radius 3 is 2.60 bits per heavy atom. The minimum atomic E-state index is -0.440. The van der Waals surface area contributed by atoms with Crippen LogP contribution in [0.1, 0.15) is 48.9 Å². The molecule has 0 bridgehead atoms. The number of nitrogens with zero attached hydrogens (tertiary/aromatic N) is 3. The molecular formula is C23H27FN4O2. The number of rotatable bonds is 9. The first kappa shape index (κ1) is 21.6. The van der Waals surface area contributed by atoms with Gasteiger partial charge in [-0.05, 0) is 43.0 Å². The fourth-order valence-corrected chi connectivity index (χ4v) is 3.33. The van der Waals surface area contributed by atoms with E-state index in [1.807, 2.05) is 11.8 Å². The highest BCUT2D eigenvalue weighted by Gasteiger charge is 2.21. The maximum Gasteiger partial charge on any atom is 0.241 e. The van der Waals surface area contributed by atoms with Crippen molar-refractivity contribution in [3.63, 3.8) is 0 Å². The van der Waals surface area contributed by atoms with Crippen LogP contribution in [0.15, 0.2) is 47.0 Å². The van der Waals surface area contributed by atoms with E-state index in [0.717, 1.165) is 18.4 Å². The molecule has 1 aromatic heterocycles. The molecule has 0 aliphatic heterocycles. The molecule has 0 aliphatic rings. The zero-order valence-electron chi connectivity index (χ0n) is 17.6. The third kappa shape index (κ3) is 5.30. The van der Waals surface area contributed by atoms with Crippen molar-refractivity contribution < 1.29 is 13.7 Å². The van der Waals surface area contributed by atoms with E-state index >= 15 is 0 Å². The molecule has 0 spiro atoms. The lowest BCUT2D eigenvalue weighted by Gasteiger charge is -2.27. The molecule has 1 amide bonds. The number of carbonyl (C=O) groups excluding carboxylic acids is 1. The van der Waals surface area contributed by atoms with Gasteiger partial charge < -0.3 is 10.3 Å². The van der Waals surface area contributed by atoms with Crippen molar-refractivity contribution >= 4 is 5.91 Å². The lowest BCUT2D eigenvalue weighted by molar-refractivity contribution is -0.119. The van der Waals surface area contributed by atoms with Crippen LogP contribution >= 0.6 is 0 Å². The van der Waals surface area contributed by atoms with Crippen molar-refractivity contribution in [1.29, 1.82) is 0 Å². The summed E-state index contributed by atoms with van der Waals surface area (Å²) in [5.41, 5.74) is 8.90. The van der Waals surface area contributed by atoms with Crippen LogP contribution in [-0.2, 0) is 17.8 Å². The fourth-order valence-electron chi connectivity index (χ4n) is 3.33. The number of halogens is 1. The quantitative estimate of drug-likeness (QED) is 0.572. The average Bonchev–Trinajstić information content (AvgIpc) is 3.18. The molecule has 1 atom stereocenters. The summed E-state index contributed by atoms with van der Waals surface area (Å²) < 4.78 is 19.2. The molecule has 0 unspecified atom stereocenters. The molecule has 7 heteroatoms. The van der Waals surface area contributed by atoms with Crippen molar-refractivity contribution in [3.05, 3.63) is 70.9 Å². The Hall–Kier alpha value is -3.06. The van der Waals surface area contributed by atoms with Gasteiger partial charge in [-0.25, -0.2) is 4.39 Å². The summed E-state index contributed by atoms with van der Waals surface area (Å²) in [5.74, 6) is -0.125. The largest absolute Gasteiger partial charge is 0.369 e. The standard InChI is InChI=1S/C23H27FN4O2/c1-4-5-17-7-10-18(11-8-17)16(3)28(13-21(25)29)14-22-26-23(27-30-22)19-9-6-15(2)20(24)12-19/h6-12,16H,4-5,13-14H2,1-3H3,(H2,25,29)/t16-/m0/s1. The molecule has 3 rings (SSSR count). The molecule has 6 nitrogen and oxygen atoms in total. The Labute approximate surface area is 175 Å². The first-order valence-corrected chi connectivity index (χ1v) is 10.1. The van der Waals surface area contributed by atoms with Crippen LogP contribution in [0, 0.1) is 12.7 Å². The zero-order valence-corrected chi connectivity index (χ0v) is 17.6. The average molecular weight is 410 g/mol. The Kier molecular flexibility index (Phi) is 6.95. The minimum Gasteiger partial charge on any atom is -0.369 e. The number of primary amides is 1. The van der Waals surface area contributed by atoms with Gasteiger partial charge in [0.2, 0.25) is 17.6 Å². The highest BCUT2D eigenvalue weighted by molar-refractivity contribution is 5.76. The van der Waals surface area contributed by atoms with Crippen LogP contribution in [0.5, 0.6) is 0 Å². The van der Waals surface area contributed by atoms with Crippen LogP contribution in [0.2, 0.25) is 0 Å². The lowest BCUT2D eigenvalue weighted by Crippen LogP contribution is -2.35. The predicted octanol–water partition coefficient (Wildman–Crippen LogP) is 4.19. The number of benzene rings is 2. The molecule has 0 fully saturated rings. The Morgan fingerprint density at radius 1 is 1.23 bits per heavy atom. The summed E-state index contributed by atoms with van der Waals surface area (Å²) in [4.78, 5) is 17.9. The molecule has 3 aromatic rings. The number of amides is 1. The summed E-state index contributed by atoms with van der Waals surface area (Å²) >= 11 is 0. The highest BCUT2D eigenvalue weighted by Crippen LogP contribution is 2.24.